The quantitative estimate of drug-likeness (QED) is 0.676. The van der Waals surface area contributed by atoms with Crippen molar-refractivity contribution >= 4 is 12.0 Å². The number of carbonyl (C=O) groups excluding carboxylic acids is 1. The summed E-state index contributed by atoms with van der Waals surface area (Å²) in [6.45, 7) is 6.32. The number of amides is 2. The van der Waals surface area contributed by atoms with Gasteiger partial charge >= 0.3 is 12.0 Å². The molecule has 21 heavy (non-hydrogen) atoms. The fourth-order valence-electron chi connectivity index (χ4n) is 2.00. The van der Waals surface area contributed by atoms with Crippen LogP contribution in [0.2, 0.25) is 0 Å². The maximum Gasteiger partial charge on any atom is 0.315 e. The lowest BCUT2D eigenvalue weighted by Crippen LogP contribution is -2.46. The summed E-state index contributed by atoms with van der Waals surface area (Å²) in [5, 5.41) is 14.1. The SMILES string of the molecule is CCc1ccc(C(C)(C)NC(=O)NCCCC(=O)O)cc1. The molecule has 0 unspecified atom stereocenters. The molecule has 0 radical (unpaired) electrons. The Bertz CT molecular complexity index is 481. The second-order valence-electron chi connectivity index (χ2n) is 5.55. The third-order valence-corrected chi connectivity index (χ3v) is 3.36. The van der Waals surface area contributed by atoms with Crippen molar-refractivity contribution in [3.63, 3.8) is 0 Å². The molecule has 0 spiro atoms. The Balaban J connectivity index is 2.50. The summed E-state index contributed by atoms with van der Waals surface area (Å²) < 4.78 is 0. The first-order chi connectivity index (χ1) is 9.85. The van der Waals surface area contributed by atoms with E-state index in [1.165, 1.54) is 5.56 Å². The number of rotatable bonds is 7. The van der Waals surface area contributed by atoms with Crippen LogP contribution in [0.3, 0.4) is 0 Å². The smallest absolute Gasteiger partial charge is 0.315 e. The fourth-order valence-corrected chi connectivity index (χ4v) is 2.00. The van der Waals surface area contributed by atoms with Crippen LogP contribution in [0.15, 0.2) is 24.3 Å². The van der Waals surface area contributed by atoms with E-state index >= 15 is 0 Å². The molecule has 1 rings (SSSR count). The molecule has 0 aliphatic heterocycles. The molecule has 0 heterocycles. The molecule has 0 saturated carbocycles. The van der Waals surface area contributed by atoms with Crippen molar-refractivity contribution in [2.45, 2.75) is 45.6 Å². The van der Waals surface area contributed by atoms with Crippen LogP contribution < -0.4 is 10.6 Å². The average molecular weight is 292 g/mol. The van der Waals surface area contributed by atoms with Crippen LogP contribution in [0.1, 0.15) is 44.7 Å². The zero-order valence-electron chi connectivity index (χ0n) is 12.9. The molecular formula is C16H24N2O3. The second kappa shape index (κ2) is 7.67. The molecule has 5 nitrogen and oxygen atoms in total. The minimum Gasteiger partial charge on any atom is -0.481 e. The molecule has 5 heteroatoms. The number of benzene rings is 1. The van der Waals surface area contributed by atoms with E-state index in [0.29, 0.717) is 13.0 Å². The molecule has 0 saturated heterocycles. The predicted octanol–water partition coefficient (Wildman–Crippen LogP) is 2.65. The van der Waals surface area contributed by atoms with Gasteiger partial charge in [0.2, 0.25) is 0 Å². The molecule has 1 aromatic rings. The highest BCUT2D eigenvalue weighted by Crippen LogP contribution is 2.20. The Morgan fingerprint density at radius 2 is 1.81 bits per heavy atom. The van der Waals surface area contributed by atoms with E-state index in [-0.39, 0.29) is 12.5 Å². The number of aryl methyl sites for hydroxylation is 1. The number of hydrogen-bond acceptors (Lipinski definition) is 2. The summed E-state index contributed by atoms with van der Waals surface area (Å²) in [5.74, 6) is -0.853. The summed E-state index contributed by atoms with van der Waals surface area (Å²) in [6.07, 6.45) is 1.47. The van der Waals surface area contributed by atoms with Crippen LogP contribution in [-0.4, -0.2) is 23.7 Å². The number of hydrogen-bond donors (Lipinski definition) is 3. The van der Waals surface area contributed by atoms with Crippen LogP contribution in [0.5, 0.6) is 0 Å². The van der Waals surface area contributed by atoms with Gasteiger partial charge in [-0.3, -0.25) is 4.79 Å². The highest BCUT2D eigenvalue weighted by Gasteiger charge is 2.22. The van der Waals surface area contributed by atoms with Crippen molar-refractivity contribution in [1.29, 1.82) is 0 Å². The van der Waals surface area contributed by atoms with Crippen LogP contribution >= 0.6 is 0 Å². The first kappa shape index (κ1) is 17.0. The van der Waals surface area contributed by atoms with Gasteiger partial charge in [-0.15, -0.1) is 0 Å². The van der Waals surface area contributed by atoms with Crippen LogP contribution in [-0.2, 0) is 16.8 Å². The maximum absolute atomic E-state index is 11.8. The van der Waals surface area contributed by atoms with E-state index in [0.717, 1.165) is 12.0 Å². The molecule has 3 N–H and O–H groups in total. The first-order valence-corrected chi connectivity index (χ1v) is 7.22. The normalized spacial score (nSPS) is 11.0. The van der Waals surface area contributed by atoms with Crippen LogP contribution in [0, 0.1) is 0 Å². The second-order valence-corrected chi connectivity index (χ2v) is 5.55. The van der Waals surface area contributed by atoms with E-state index < -0.39 is 11.5 Å². The summed E-state index contributed by atoms with van der Waals surface area (Å²) >= 11 is 0. The molecule has 0 aliphatic carbocycles. The monoisotopic (exact) mass is 292 g/mol. The standard InChI is InChI=1S/C16H24N2O3/c1-4-12-7-9-13(10-8-12)16(2,3)18-15(21)17-11-5-6-14(19)20/h7-10H,4-6,11H2,1-3H3,(H,19,20)(H2,17,18,21). The van der Waals surface area contributed by atoms with E-state index in [1.54, 1.807) is 0 Å². The number of urea groups is 1. The minimum atomic E-state index is -0.853. The van der Waals surface area contributed by atoms with Gasteiger partial charge in [-0.2, -0.15) is 0 Å². The molecular weight excluding hydrogens is 268 g/mol. The molecule has 0 bridgehead atoms. The zero-order valence-corrected chi connectivity index (χ0v) is 12.9. The summed E-state index contributed by atoms with van der Waals surface area (Å²) in [5.41, 5.74) is 1.80. The van der Waals surface area contributed by atoms with Gasteiger partial charge < -0.3 is 15.7 Å². The summed E-state index contributed by atoms with van der Waals surface area (Å²) in [4.78, 5) is 22.2. The number of carboxylic acid groups (broad SMARTS) is 1. The van der Waals surface area contributed by atoms with E-state index in [4.69, 9.17) is 5.11 Å². The molecule has 1 aromatic carbocycles. The van der Waals surface area contributed by atoms with Gasteiger partial charge in [-0.25, -0.2) is 4.79 Å². The highest BCUT2D eigenvalue weighted by molar-refractivity contribution is 5.75. The molecule has 0 aromatic heterocycles. The number of aliphatic carboxylic acids is 1. The highest BCUT2D eigenvalue weighted by atomic mass is 16.4. The van der Waals surface area contributed by atoms with Gasteiger partial charge in [0.15, 0.2) is 0 Å². The van der Waals surface area contributed by atoms with E-state index in [1.807, 2.05) is 26.0 Å². The van der Waals surface area contributed by atoms with Gasteiger partial charge in [0.05, 0.1) is 5.54 Å². The van der Waals surface area contributed by atoms with Crippen LogP contribution in [0.25, 0.3) is 0 Å². The Hall–Kier alpha value is -2.04. The minimum absolute atomic E-state index is 0.0577. The third-order valence-electron chi connectivity index (χ3n) is 3.36. The van der Waals surface area contributed by atoms with E-state index in [2.05, 4.69) is 29.7 Å². The lowest BCUT2D eigenvalue weighted by molar-refractivity contribution is -0.137. The van der Waals surface area contributed by atoms with Gasteiger partial charge in [0.1, 0.15) is 0 Å². The molecule has 0 atom stereocenters. The number of carboxylic acids is 1. The Labute approximate surface area is 125 Å². The summed E-state index contributed by atoms with van der Waals surface area (Å²) in [6, 6.07) is 7.87. The number of carbonyl (C=O) groups is 2. The topological polar surface area (TPSA) is 78.4 Å². The van der Waals surface area contributed by atoms with Crippen LogP contribution in [0.4, 0.5) is 4.79 Å². The Kier molecular flexibility index (Phi) is 6.21. The zero-order chi connectivity index (χ0) is 15.9. The lowest BCUT2D eigenvalue weighted by atomic mass is 9.93. The Morgan fingerprint density at radius 1 is 1.19 bits per heavy atom. The van der Waals surface area contributed by atoms with Crippen molar-refractivity contribution in [2.75, 3.05) is 6.54 Å². The van der Waals surface area contributed by atoms with Crippen molar-refractivity contribution in [1.82, 2.24) is 10.6 Å². The fraction of sp³-hybridized carbons (Fsp3) is 0.500. The molecule has 0 aliphatic rings. The predicted molar refractivity (Wildman–Crippen MR) is 82.3 cm³/mol. The molecule has 2 amide bonds. The average Bonchev–Trinajstić information content (AvgIpc) is 2.43. The first-order valence-electron chi connectivity index (χ1n) is 7.22. The van der Waals surface area contributed by atoms with Crippen molar-refractivity contribution < 1.29 is 14.7 Å². The largest absolute Gasteiger partial charge is 0.481 e. The van der Waals surface area contributed by atoms with Gasteiger partial charge in [-0.05, 0) is 37.8 Å². The Morgan fingerprint density at radius 3 is 2.33 bits per heavy atom. The van der Waals surface area contributed by atoms with Gasteiger partial charge in [0, 0.05) is 13.0 Å². The van der Waals surface area contributed by atoms with Crippen molar-refractivity contribution in [3.8, 4) is 0 Å². The van der Waals surface area contributed by atoms with Gasteiger partial charge in [0.25, 0.3) is 0 Å². The summed E-state index contributed by atoms with van der Waals surface area (Å²) in [7, 11) is 0. The molecule has 116 valence electrons. The van der Waals surface area contributed by atoms with E-state index in [9.17, 15) is 9.59 Å². The molecule has 0 fully saturated rings. The third kappa shape index (κ3) is 5.85. The lowest BCUT2D eigenvalue weighted by Gasteiger charge is -2.27. The van der Waals surface area contributed by atoms with Crippen molar-refractivity contribution in [3.05, 3.63) is 35.4 Å². The van der Waals surface area contributed by atoms with Crippen molar-refractivity contribution in [2.24, 2.45) is 0 Å². The number of nitrogens with one attached hydrogen (secondary N) is 2. The van der Waals surface area contributed by atoms with Gasteiger partial charge in [-0.1, -0.05) is 31.2 Å². The maximum atomic E-state index is 11.8.